The lowest BCUT2D eigenvalue weighted by Crippen LogP contribution is -2.20. The van der Waals surface area contributed by atoms with E-state index in [1.165, 1.54) is 32.1 Å². The first-order chi connectivity index (χ1) is 9.24. The fourth-order valence-corrected chi connectivity index (χ4v) is 2.83. The van der Waals surface area contributed by atoms with Crippen LogP contribution < -0.4 is 0 Å². The summed E-state index contributed by atoms with van der Waals surface area (Å²) in [5, 5.41) is 8.06. The van der Waals surface area contributed by atoms with Crippen molar-refractivity contribution >= 4 is 5.97 Å². The molecule has 0 spiro atoms. The summed E-state index contributed by atoms with van der Waals surface area (Å²) in [5.41, 5.74) is 0. The number of aryl methyl sites for hydroxylation is 1. The molecule has 1 aromatic heterocycles. The summed E-state index contributed by atoms with van der Waals surface area (Å²) in [4.78, 5) is 11.9. The average molecular weight is 265 g/mol. The molecule has 1 aliphatic rings. The minimum absolute atomic E-state index is 0.342. The van der Waals surface area contributed by atoms with Gasteiger partial charge in [-0.25, -0.2) is 4.79 Å². The van der Waals surface area contributed by atoms with Gasteiger partial charge in [-0.1, -0.05) is 32.1 Å². The number of ether oxygens (including phenoxy) is 1. The minimum atomic E-state index is -0.356. The third kappa shape index (κ3) is 3.33. The van der Waals surface area contributed by atoms with E-state index in [0.717, 1.165) is 18.7 Å². The lowest BCUT2D eigenvalue weighted by atomic mass is 9.96. The molecule has 5 nitrogen and oxygen atoms in total. The molecule has 0 radical (unpaired) electrons. The van der Waals surface area contributed by atoms with Crippen LogP contribution >= 0.6 is 0 Å². The van der Waals surface area contributed by atoms with Gasteiger partial charge in [0.15, 0.2) is 0 Å². The molecule has 1 heterocycles. The predicted molar refractivity (Wildman–Crippen MR) is 72.1 cm³/mol. The highest BCUT2D eigenvalue weighted by Gasteiger charge is 2.24. The normalized spacial score (nSPS) is 17.8. The topological polar surface area (TPSA) is 57.0 Å². The van der Waals surface area contributed by atoms with Crippen LogP contribution in [0.15, 0.2) is 0 Å². The largest absolute Gasteiger partial charge is 0.460 e. The molecule has 0 aliphatic heterocycles. The van der Waals surface area contributed by atoms with Gasteiger partial charge < -0.3 is 9.30 Å². The maximum Gasteiger partial charge on any atom is 0.376 e. The molecule has 1 aromatic rings. The molecule has 1 saturated carbocycles. The highest BCUT2D eigenvalue weighted by molar-refractivity contribution is 5.85. The molecule has 0 bridgehead atoms. The van der Waals surface area contributed by atoms with E-state index >= 15 is 0 Å². The van der Waals surface area contributed by atoms with Gasteiger partial charge in [0.2, 0.25) is 5.82 Å². The van der Waals surface area contributed by atoms with Crippen molar-refractivity contribution in [2.45, 2.75) is 64.8 Å². The van der Waals surface area contributed by atoms with Crippen LogP contribution in [0.1, 0.15) is 74.4 Å². The van der Waals surface area contributed by atoms with E-state index in [4.69, 9.17) is 4.74 Å². The van der Waals surface area contributed by atoms with Crippen molar-refractivity contribution in [3.63, 3.8) is 0 Å². The molecule has 0 atom stereocenters. The zero-order valence-corrected chi connectivity index (χ0v) is 11.9. The van der Waals surface area contributed by atoms with E-state index in [9.17, 15) is 4.79 Å². The quantitative estimate of drug-likeness (QED) is 0.788. The molecule has 0 aromatic carbocycles. The zero-order valence-electron chi connectivity index (χ0n) is 11.9. The lowest BCUT2D eigenvalue weighted by molar-refractivity contribution is 0.0501. The third-order valence-electron chi connectivity index (χ3n) is 3.76. The second kappa shape index (κ2) is 6.68. The Hall–Kier alpha value is -1.39. The van der Waals surface area contributed by atoms with Crippen LogP contribution in [0.4, 0.5) is 0 Å². The smallest absolute Gasteiger partial charge is 0.376 e. The monoisotopic (exact) mass is 265 g/mol. The summed E-state index contributed by atoms with van der Waals surface area (Å²) in [6.45, 7) is 4.09. The Balaban J connectivity index is 2.21. The third-order valence-corrected chi connectivity index (χ3v) is 3.76. The number of hydrogen-bond donors (Lipinski definition) is 0. The van der Waals surface area contributed by atoms with Crippen LogP contribution in [0.3, 0.4) is 0 Å². The second-order valence-corrected chi connectivity index (χ2v) is 5.16. The van der Waals surface area contributed by atoms with E-state index in [-0.39, 0.29) is 5.97 Å². The molecule has 5 heteroatoms. The number of esters is 1. The molecule has 1 fully saturated rings. The highest BCUT2D eigenvalue weighted by atomic mass is 16.5. The maximum atomic E-state index is 11.9. The van der Waals surface area contributed by atoms with Gasteiger partial charge in [0.05, 0.1) is 6.61 Å². The number of hydrogen-bond acceptors (Lipinski definition) is 4. The molecule has 0 unspecified atom stereocenters. The van der Waals surface area contributed by atoms with Crippen molar-refractivity contribution in [1.29, 1.82) is 0 Å². The maximum absolute atomic E-state index is 11.9. The number of aromatic nitrogens is 3. The molecule has 0 saturated heterocycles. The van der Waals surface area contributed by atoms with Crippen molar-refractivity contribution in [3.05, 3.63) is 11.6 Å². The van der Waals surface area contributed by atoms with Crippen LogP contribution in [0, 0.1) is 6.92 Å². The van der Waals surface area contributed by atoms with Crippen LogP contribution in [-0.4, -0.2) is 27.3 Å². The summed E-state index contributed by atoms with van der Waals surface area (Å²) in [7, 11) is 0. The van der Waals surface area contributed by atoms with Crippen molar-refractivity contribution < 1.29 is 9.53 Å². The average Bonchev–Trinajstić information content (AvgIpc) is 2.71. The van der Waals surface area contributed by atoms with Crippen molar-refractivity contribution in [2.24, 2.45) is 0 Å². The fourth-order valence-electron chi connectivity index (χ4n) is 2.83. The summed E-state index contributed by atoms with van der Waals surface area (Å²) in [6.07, 6.45) is 8.53. The first-order valence-corrected chi connectivity index (χ1v) is 7.32. The van der Waals surface area contributed by atoms with Gasteiger partial charge in [-0.05, 0) is 26.7 Å². The Morgan fingerprint density at radius 3 is 2.47 bits per heavy atom. The number of carbonyl (C=O) groups excluding carboxylic acids is 1. The number of carbonyl (C=O) groups is 1. The van der Waals surface area contributed by atoms with E-state index < -0.39 is 0 Å². The fraction of sp³-hybridized carbons (Fsp3) is 0.786. The summed E-state index contributed by atoms with van der Waals surface area (Å²) < 4.78 is 7.06. The first-order valence-electron chi connectivity index (χ1n) is 7.32. The first kappa shape index (κ1) is 14.0. The van der Waals surface area contributed by atoms with E-state index in [0.29, 0.717) is 18.5 Å². The molecule has 1 aliphatic carbocycles. The molecular weight excluding hydrogens is 242 g/mol. The van der Waals surface area contributed by atoms with Crippen molar-refractivity contribution in [2.75, 3.05) is 6.61 Å². The summed E-state index contributed by atoms with van der Waals surface area (Å²) in [6, 6.07) is 0.342. The van der Waals surface area contributed by atoms with Crippen LogP contribution in [-0.2, 0) is 4.74 Å². The van der Waals surface area contributed by atoms with E-state index in [2.05, 4.69) is 10.2 Å². The molecule has 0 amide bonds. The SMILES string of the molecule is CCOC(=O)c1nnc(C)n1C1CCCCCCC1. The Bertz CT molecular complexity index is 420. The number of nitrogens with zero attached hydrogens (tertiary/aromatic N) is 3. The Morgan fingerprint density at radius 1 is 1.21 bits per heavy atom. The van der Waals surface area contributed by atoms with Gasteiger partial charge in [0.25, 0.3) is 0 Å². The molecule has 0 N–H and O–H groups in total. The van der Waals surface area contributed by atoms with Gasteiger partial charge in [-0.2, -0.15) is 0 Å². The predicted octanol–water partition coefficient (Wildman–Crippen LogP) is 3.05. The molecular formula is C14H23N3O2. The van der Waals surface area contributed by atoms with Gasteiger partial charge >= 0.3 is 5.97 Å². The summed E-state index contributed by atoms with van der Waals surface area (Å²) in [5.74, 6) is 0.823. The molecule has 2 rings (SSSR count). The summed E-state index contributed by atoms with van der Waals surface area (Å²) >= 11 is 0. The van der Waals surface area contributed by atoms with Crippen molar-refractivity contribution in [1.82, 2.24) is 14.8 Å². The van der Waals surface area contributed by atoms with E-state index in [1.54, 1.807) is 6.92 Å². The Labute approximate surface area is 114 Å². The van der Waals surface area contributed by atoms with Gasteiger partial charge in [-0.3, -0.25) is 0 Å². The Kier molecular flexibility index (Phi) is 4.93. The molecule has 19 heavy (non-hydrogen) atoms. The lowest BCUT2D eigenvalue weighted by Gasteiger charge is -2.23. The van der Waals surface area contributed by atoms with Crippen molar-refractivity contribution in [3.8, 4) is 0 Å². The van der Waals surface area contributed by atoms with Crippen LogP contribution in [0.25, 0.3) is 0 Å². The highest BCUT2D eigenvalue weighted by Crippen LogP contribution is 2.28. The Morgan fingerprint density at radius 2 is 1.84 bits per heavy atom. The van der Waals surface area contributed by atoms with Gasteiger partial charge in [-0.15, -0.1) is 10.2 Å². The standard InChI is InChI=1S/C14H23N3O2/c1-3-19-14(18)13-16-15-11(2)17(13)12-9-7-5-4-6-8-10-12/h12H,3-10H2,1-2H3. The second-order valence-electron chi connectivity index (χ2n) is 5.16. The minimum Gasteiger partial charge on any atom is -0.460 e. The van der Waals surface area contributed by atoms with Crippen LogP contribution in [0.2, 0.25) is 0 Å². The molecule has 106 valence electrons. The van der Waals surface area contributed by atoms with Crippen LogP contribution in [0.5, 0.6) is 0 Å². The van der Waals surface area contributed by atoms with Gasteiger partial charge in [0.1, 0.15) is 5.82 Å². The zero-order chi connectivity index (χ0) is 13.7. The number of rotatable bonds is 3. The van der Waals surface area contributed by atoms with E-state index in [1.807, 2.05) is 11.5 Å². The van der Waals surface area contributed by atoms with Gasteiger partial charge in [0, 0.05) is 6.04 Å².